The minimum atomic E-state index is -0.270. The Balaban J connectivity index is 1.28. The molecule has 0 spiro atoms. The number of rotatable bonds is 9. The van der Waals surface area contributed by atoms with E-state index in [0.29, 0.717) is 33.9 Å². The van der Waals surface area contributed by atoms with Crippen molar-refractivity contribution in [2.24, 2.45) is 5.10 Å². The molecule has 4 rings (SSSR count). The van der Waals surface area contributed by atoms with Gasteiger partial charge in [-0.25, -0.2) is 10.4 Å². The first kappa shape index (κ1) is 22.7. The molecule has 0 aliphatic rings. The van der Waals surface area contributed by atoms with Crippen LogP contribution in [0.4, 0.5) is 0 Å². The number of benzene rings is 3. The lowest BCUT2D eigenvalue weighted by atomic mass is 10.2. The molecule has 0 saturated heterocycles. The molecule has 0 atom stereocenters. The molecule has 0 aliphatic heterocycles. The molecule has 7 nitrogen and oxygen atoms in total. The molecule has 33 heavy (non-hydrogen) atoms. The van der Waals surface area contributed by atoms with Crippen LogP contribution in [0.25, 0.3) is 11.1 Å². The second kappa shape index (κ2) is 10.9. The molecular formula is C24H20ClN3O4S. The summed E-state index contributed by atoms with van der Waals surface area (Å²) in [6, 6.07) is 20.3. The third-order valence-electron chi connectivity index (χ3n) is 4.50. The number of para-hydroxylation sites is 2. The largest absolute Gasteiger partial charge is 0.493 e. The summed E-state index contributed by atoms with van der Waals surface area (Å²) < 4.78 is 16.8. The van der Waals surface area contributed by atoms with E-state index < -0.39 is 0 Å². The van der Waals surface area contributed by atoms with Gasteiger partial charge < -0.3 is 13.9 Å². The van der Waals surface area contributed by atoms with E-state index in [2.05, 4.69) is 15.5 Å². The molecule has 1 aromatic heterocycles. The number of hydrogen-bond acceptors (Lipinski definition) is 7. The molecule has 9 heteroatoms. The van der Waals surface area contributed by atoms with Crippen molar-refractivity contribution >= 4 is 46.6 Å². The normalized spacial score (nSPS) is 11.1. The first-order valence-corrected chi connectivity index (χ1v) is 11.3. The number of carbonyl (C=O) groups excluding carboxylic acids is 1. The van der Waals surface area contributed by atoms with Gasteiger partial charge in [-0.05, 0) is 53.6 Å². The number of aromatic nitrogens is 1. The van der Waals surface area contributed by atoms with Gasteiger partial charge in [0.1, 0.15) is 12.1 Å². The van der Waals surface area contributed by atoms with E-state index in [-0.39, 0.29) is 11.7 Å². The summed E-state index contributed by atoms with van der Waals surface area (Å²) in [5, 5.41) is 5.12. The van der Waals surface area contributed by atoms with Crippen LogP contribution in [0, 0.1) is 0 Å². The molecule has 0 saturated carbocycles. The molecule has 3 aromatic carbocycles. The van der Waals surface area contributed by atoms with Gasteiger partial charge >= 0.3 is 0 Å². The molecule has 0 unspecified atom stereocenters. The van der Waals surface area contributed by atoms with Crippen LogP contribution in [0.1, 0.15) is 11.1 Å². The van der Waals surface area contributed by atoms with Crippen LogP contribution in [-0.4, -0.2) is 30.0 Å². The standard InChI is InChI=1S/C24H20ClN3O4S/c1-30-22-12-17(8-11-21(22)31-14-16-6-9-18(25)10-7-16)13-26-28-23(29)15-33-24-27-19-4-2-3-5-20(19)32-24/h2-13H,14-15H2,1H3,(H,28,29)/b26-13-. The number of fused-ring (bicyclic) bond motifs is 1. The maximum atomic E-state index is 12.1. The summed E-state index contributed by atoms with van der Waals surface area (Å²) in [4.78, 5) is 16.4. The maximum absolute atomic E-state index is 12.1. The molecule has 0 bridgehead atoms. The van der Waals surface area contributed by atoms with Crippen molar-refractivity contribution in [3.05, 3.63) is 82.9 Å². The number of carbonyl (C=O) groups is 1. The lowest BCUT2D eigenvalue weighted by molar-refractivity contribution is -0.118. The molecule has 0 aliphatic carbocycles. The zero-order valence-corrected chi connectivity index (χ0v) is 19.2. The second-order valence-corrected chi connectivity index (χ2v) is 8.22. The van der Waals surface area contributed by atoms with Crippen molar-refractivity contribution in [3.8, 4) is 11.5 Å². The van der Waals surface area contributed by atoms with E-state index in [0.717, 1.165) is 16.6 Å². The van der Waals surface area contributed by atoms with E-state index >= 15 is 0 Å². The average Bonchev–Trinajstić information content (AvgIpc) is 3.26. The van der Waals surface area contributed by atoms with Crippen molar-refractivity contribution in [3.63, 3.8) is 0 Å². The van der Waals surface area contributed by atoms with Gasteiger partial charge in [0.25, 0.3) is 11.1 Å². The van der Waals surface area contributed by atoms with Crippen LogP contribution < -0.4 is 14.9 Å². The highest BCUT2D eigenvalue weighted by Gasteiger charge is 2.09. The Morgan fingerprint density at radius 1 is 1.15 bits per heavy atom. The van der Waals surface area contributed by atoms with E-state index in [1.54, 1.807) is 19.2 Å². The Kier molecular flexibility index (Phi) is 7.49. The maximum Gasteiger partial charge on any atom is 0.257 e. The molecule has 0 radical (unpaired) electrons. The number of nitrogens with one attached hydrogen (secondary N) is 1. The summed E-state index contributed by atoms with van der Waals surface area (Å²) in [6.45, 7) is 0.384. The monoisotopic (exact) mass is 481 g/mol. The van der Waals surface area contributed by atoms with E-state index in [4.69, 9.17) is 25.5 Å². The number of oxazole rings is 1. The minimum absolute atomic E-state index is 0.130. The number of ether oxygens (including phenoxy) is 2. The Labute approximate surface area is 199 Å². The lowest BCUT2D eigenvalue weighted by Gasteiger charge is -2.11. The number of hydrogen-bond donors (Lipinski definition) is 1. The van der Waals surface area contributed by atoms with Crippen LogP contribution in [0.5, 0.6) is 11.5 Å². The van der Waals surface area contributed by atoms with Gasteiger partial charge in [-0.3, -0.25) is 4.79 Å². The Hall–Kier alpha value is -3.49. The van der Waals surface area contributed by atoms with Gasteiger partial charge in [0.15, 0.2) is 17.1 Å². The van der Waals surface area contributed by atoms with E-state index in [1.807, 2.05) is 54.6 Å². The first-order valence-electron chi connectivity index (χ1n) is 9.96. The van der Waals surface area contributed by atoms with Gasteiger partial charge in [0, 0.05) is 5.02 Å². The summed E-state index contributed by atoms with van der Waals surface area (Å²) in [7, 11) is 1.57. The number of methoxy groups -OCH3 is 1. The predicted molar refractivity (Wildman–Crippen MR) is 129 cm³/mol. The van der Waals surface area contributed by atoms with Crippen LogP contribution in [0.3, 0.4) is 0 Å². The topological polar surface area (TPSA) is 86.0 Å². The second-order valence-electron chi connectivity index (χ2n) is 6.85. The number of hydrazone groups is 1. The fourth-order valence-corrected chi connectivity index (χ4v) is 3.63. The van der Waals surface area contributed by atoms with Gasteiger partial charge in [0.05, 0.1) is 19.1 Å². The zero-order chi connectivity index (χ0) is 23.0. The van der Waals surface area contributed by atoms with Crippen molar-refractivity contribution in [2.75, 3.05) is 12.9 Å². The first-order chi connectivity index (χ1) is 16.1. The van der Waals surface area contributed by atoms with E-state index in [9.17, 15) is 4.79 Å². The highest BCUT2D eigenvalue weighted by molar-refractivity contribution is 7.99. The van der Waals surface area contributed by atoms with Crippen molar-refractivity contribution in [1.29, 1.82) is 0 Å². The van der Waals surface area contributed by atoms with Gasteiger partial charge in [0.2, 0.25) is 0 Å². The van der Waals surface area contributed by atoms with Gasteiger partial charge in [-0.15, -0.1) is 0 Å². The lowest BCUT2D eigenvalue weighted by Crippen LogP contribution is -2.19. The summed E-state index contributed by atoms with van der Waals surface area (Å²) in [5.41, 5.74) is 5.68. The van der Waals surface area contributed by atoms with Gasteiger partial charge in [-0.2, -0.15) is 5.10 Å². The number of nitrogens with zero attached hydrogens (tertiary/aromatic N) is 2. The molecule has 4 aromatic rings. The zero-order valence-electron chi connectivity index (χ0n) is 17.7. The number of thioether (sulfide) groups is 1. The predicted octanol–water partition coefficient (Wildman–Crippen LogP) is 5.31. The SMILES string of the molecule is COc1cc(/C=N\NC(=O)CSc2nc3ccccc3o2)ccc1OCc1ccc(Cl)cc1. The van der Waals surface area contributed by atoms with Crippen molar-refractivity contribution in [2.45, 2.75) is 11.8 Å². The van der Waals surface area contributed by atoms with Crippen LogP contribution >= 0.6 is 23.4 Å². The van der Waals surface area contributed by atoms with Crippen LogP contribution in [0.2, 0.25) is 5.02 Å². The minimum Gasteiger partial charge on any atom is -0.493 e. The molecule has 1 amide bonds. The highest BCUT2D eigenvalue weighted by Crippen LogP contribution is 2.28. The Bertz CT molecular complexity index is 1240. The van der Waals surface area contributed by atoms with E-state index in [1.165, 1.54) is 18.0 Å². The highest BCUT2D eigenvalue weighted by atomic mass is 35.5. The summed E-state index contributed by atoms with van der Waals surface area (Å²) in [6.07, 6.45) is 1.54. The van der Waals surface area contributed by atoms with Crippen molar-refractivity contribution in [1.82, 2.24) is 10.4 Å². The summed E-state index contributed by atoms with van der Waals surface area (Å²) >= 11 is 7.11. The number of amides is 1. The third-order valence-corrected chi connectivity index (χ3v) is 5.58. The molecule has 0 fully saturated rings. The Morgan fingerprint density at radius 2 is 1.97 bits per heavy atom. The fourth-order valence-electron chi connectivity index (χ4n) is 2.88. The van der Waals surface area contributed by atoms with Crippen LogP contribution in [-0.2, 0) is 11.4 Å². The average molecular weight is 482 g/mol. The fraction of sp³-hybridized carbons (Fsp3) is 0.125. The molecular weight excluding hydrogens is 462 g/mol. The quantitative estimate of drug-likeness (QED) is 0.198. The smallest absolute Gasteiger partial charge is 0.257 e. The van der Waals surface area contributed by atoms with Gasteiger partial charge in [-0.1, -0.05) is 47.6 Å². The molecule has 168 valence electrons. The van der Waals surface area contributed by atoms with Crippen LogP contribution in [0.15, 0.2) is 81.5 Å². The number of halogens is 1. The summed E-state index contributed by atoms with van der Waals surface area (Å²) in [5.74, 6) is 1.02. The Morgan fingerprint density at radius 3 is 2.76 bits per heavy atom. The van der Waals surface area contributed by atoms with Crippen molar-refractivity contribution < 1.29 is 18.7 Å². The third kappa shape index (κ3) is 6.27. The molecule has 1 heterocycles. The molecule has 1 N–H and O–H groups in total.